The number of carbonyl (C=O) groups is 2. The molecule has 1 heterocycles. The zero-order valence-corrected chi connectivity index (χ0v) is 21.1. The maximum Gasteiger partial charge on any atom is 0.323 e. The Bertz CT molecular complexity index is 1070. The zero-order chi connectivity index (χ0) is 24.2. The molecule has 0 spiro atoms. The Morgan fingerprint density at radius 3 is 2.03 bits per heavy atom. The van der Waals surface area contributed by atoms with Crippen molar-refractivity contribution >= 4 is 11.9 Å². The normalized spacial score (nSPS) is 16.6. The van der Waals surface area contributed by atoms with E-state index in [2.05, 4.69) is 53.7 Å². The van der Waals surface area contributed by atoms with Crippen molar-refractivity contribution in [2.75, 3.05) is 0 Å². The van der Waals surface area contributed by atoms with Crippen LogP contribution in [0.3, 0.4) is 0 Å². The fraction of sp³-hybridized carbons (Fsp3) is 0.500. The summed E-state index contributed by atoms with van der Waals surface area (Å²) in [5.74, 6) is 0.138. The number of rotatable bonds is 2. The predicted octanol–water partition coefficient (Wildman–Crippen LogP) is 6.59. The third kappa shape index (κ3) is 4.60. The van der Waals surface area contributed by atoms with Gasteiger partial charge in [0.25, 0.3) is 0 Å². The Morgan fingerprint density at radius 2 is 1.53 bits per heavy atom. The van der Waals surface area contributed by atoms with Crippen LogP contribution in [0.1, 0.15) is 96.0 Å². The molecule has 0 aliphatic carbocycles. The summed E-state index contributed by atoms with van der Waals surface area (Å²) in [4.78, 5) is 25.4. The Balaban J connectivity index is 2.10. The molecule has 1 aliphatic heterocycles. The monoisotopic (exact) mass is 436 g/mol. The van der Waals surface area contributed by atoms with Gasteiger partial charge in [-0.3, -0.25) is 9.59 Å². The van der Waals surface area contributed by atoms with E-state index >= 15 is 0 Å². The number of benzene rings is 2. The molecule has 1 aliphatic rings. The van der Waals surface area contributed by atoms with Gasteiger partial charge in [-0.1, -0.05) is 65.8 Å². The topological polar surface area (TPSA) is 52.6 Å². The molecule has 0 amide bonds. The average Bonchev–Trinajstić information content (AvgIpc) is 2.95. The number of ether oxygens (including phenoxy) is 2. The molecular formula is C28H36O4. The molecule has 2 aromatic rings. The average molecular weight is 437 g/mol. The number of esters is 2. The van der Waals surface area contributed by atoms with Gasteiger partial charge in [-0.25, -0.2) is 0 Å². The summed E-state index contributed by atoms with van der Waals surface area (Å²) in [7, 11) is 0. The number of aryl methyl sites for hydroxylation is 1. The van der Waals surface area contributed by atoms with E-state index in [-0.39, 0.29) is 22.8 Å². The van der Waals surface area contributed by atoms with Gasteiger partial charge in [-0.05, 0) is 61.3 Å². The third-order valence-corrected chi connectivity index (χ3v) is 5.89. The van der Waals surface area contributed by atoms with Crippen molar-refractivity contribution in [1.82, 2.24) is 0 Å². The van der Waals surface area contributed by atoms with Crippen molar-refractivity contribution in [3.63, 3.8) is 0 Å². The second-order valence-corrected chi connectivity index (χ2v) is 12.0. The second kappa shape index (κ2) is 7.75. The Morgan fingerprint density at radius 1 is 0.906 bits per heavy atom. The van der Waals surface area contributed by atoms with E-state index in [1.165, 1.54) is 5.56 Å². The van der Waals surface area contributed by atoms with Gasteiger partial charge in [0.05, 0.1) is 5.41 Å². The fourth-order valence-corrected chi connectivity index (χ4v) is 3.79. The maximum absolute atomic E-state index is 13.1. The molecule has 4 nitrogen and oxygen atoms in total. The van der Waals surface area contributed by atoms with Crippen LogP contribution in [0.25, 0.3) is 0 Å². The van der Waals surface area contributed by atoms with E-state index in [0.717, 1.165) is 22.3 Å². The number of fused-ring (bicyclic) bond motifs is 1. The van der Waals surface area contributed by atoms with Crippen molar-refractivity contribution in [2.24, 2.45) is 5.41 Å². The fourth-order valence-electron chi connectivity index (χ4n) is 3.79. The first-order valence-electron chi connectivity index (χ1n) is 11.2. The second-order valence-electron chi connectivity index (χ2n) is 12.0. The summed E-state index contributed by atoms with van der Waals surface area (Å²) in [5.41, 5.74) is 3.96. The summed E-state index contributed by atoms with van der Waals surface area (Å²) in [6, 6.07) is 9.85. The molecule has 2 aromatic carbocycles. The van der Waals surface area contributed by atoms with E-state index in [9.17, 15) is 9.59 Å². The lowest BCUT2D eigenvalue weighted by Gasteiger charge is -2.27. The van der Waals surface area contributed by atoms with Gasteiger partial charge in [-0.2, -0.15) is 0 Å². The zero-order valence-electron chi connectivity index (χ0n) is 21.1. The highest BCUT2D eigenvalue weighted by Gasteiger charge is 2.39. The van der Waals surface area contributed by atoms with Gasteiger partial charge in [0.15, 0.2) is 0 Å². The van der Waals surface area contributed by atoms with Crippen LogP contribution in [0.5, 0.6) is 11.5 Å². The molecule has 3 rings (SSSR count). The van der Waals surface area contributed by atoms with Crippen molar-refractivity contribution in [3.05, 3.63) is 58.1 Å². The summed E-state index contributed by atoms with van der Waals surface area (Å²) >= 11 is 0. The Hall–Kier alpha value is -2.62. The molecule has 0 aromatic heterocycles. The summed E-state index contributed by atoms with van der Waals surface area (Å²) in [6.07, 6.45) is 0. The van der Waals surface area contributed by atoms with E-state index in [1.54, 1.807) is 6.07 Å². The van der Waals surface area contributed by atoms with E-state index in [0.29, 0.717) is 11.5 Å². The molecule has 0 saturated heterocycles. The summed E-state index contributed by atoms with van der Waals surface area (Å²) in [5, 5.41) is 0. The number of hydrogen-bond donors (Lipinski definition) is 0. The smallest absolute Gasteiger partial charge is 0.323 e. The van der Waals surface area contributed by atoms with Crippen LogP contribution in [0, 0.1) is 12.3 Å². The van der Waals surface area contributed by atoms with Gasteiger partial charge in [0, 0.05) is 11.1 Å². The molecule has 0 radical (unpaired) electrons. The lowest BCUT2D eigenvalue weighted by atomic mass is 9.77. The highest BCUT2D eigenvalue weighted by molar-refractivity contribution is 5.90. The first kappa shape index (κ1) is 24.0. The van der Waals surface area contributed by atoms with Crippen molar-refractivity contribution in [1.29, 1.82) is 0 Å². The molecule has 172 valence electrons. The molecule has 0 fully saturated rings. The molecule has 1 atom stereocenters. The summed E-state index contributed by atoms with van der Waals surface area (Å²) in [6.45, 7) is 20.3. The van der Waals surface area contributed by atoms with Crippen LogP contribution < -0.4 is 9.47 Å². The van der Waals surface area contributed by atoms with Gasteiger partial charge in [0.1, 0.15) is 17.4 Å². The van der Waals surface area contributed by atoms with E-state index < -0.39 is 11.3 Å². The van der Waals surface area contributed by atoms with Crippen LogP contribution in [0.2, 0.25) is 0 Å². The largest absolute Gasteiger partial charge is 0.426 e. The van der Waals surface area contributed by atoms with Gasteiger partial charge in [-0.15, -0.1) is 0 Å². The molecule has 0 N–H and O–H groups in total. The van der Waals surface area contributed by atoms with Crippen molar-refractivity contribution in [2.45, 2.75) is 86.0 Å². The quantitative estimate of drug-likeness (QED) is 0.393. The third-order valence-electron chi connectivity index (χ3n) is 5.89. The SMILES string of the molecule is Cc1cc(C2C(=O)Oc3c2cc(C(C)(C)C)cc3C(C)(C)C)ccc1OC(=O)C(C)(C)C. The van der Waals surface area contributed by atoms with Crippen LogP contribution in [0.15, 0.2) is 30.3 Å². The molecular weight excluding hydrogens is 400 g/mol. The molecule has 1 unspecified atom stereocenters. The standard InChI is InChI=1S/C28H36O4/c1-16-13-17(11-12-21(16)31-25(30)28(8,9)10)22-19-14-18(26(2,3)4)15-20(27(5,6)7)23(19)32-24(22)29/h11-15,22H,1-10H3. The van der Waals surface area contributed by atoms with Crippen LogP contribution in [-0.4, -0.2) is 11.9 Å². The number of hydrogen-bond acceptors (Lipinski definition) is 4. The minimum atomic E-state index is -0.591. The molecule has 0 bridgehead atoms. The Labute approximate surface area is 192 Å². The molecule has 32 heavy (non-hydrogen) atoms. The molecule has 0 saturated carbocycles. The lowest BCUT2D eigenvalue weighted by molar-refractivity contribution is -0.143. The van der Waals surface area contributed by atoms with Crippen molar-refractivity contribution < 1.29 is 19.1 Å². The minimum absolute atomic E-state index is 0.0633. The predicted molar refractivity (Wildman–Crippen MR) is 128 cm³/mol. The molecule has 4 heteroatoms. The maximum atomic E-state index is 13.1. The van der Waals surface area contributed by atoms with Crippen LogP contribution >= 0.6 is 0 Å². The van der Waals surface area contributed by atoms with Gasteiger partial charge < -0.3 is 9.47 Å². The highest BCUT2D eigenvalue weighted by atomic mass is 16.5. The van der Waals surface area contributed by atoms with Crippen LogP contribution in [-0.2, 0) is 20.4 Å². The van der Waals surface area contributed by atoms with Gasteiger partial charge >= 0.3 is 11.9 Å². The minimum Gasteiger partial charge on any atom is -0.426 e. The lowest BCUT2D eigenvalue weighted by Crippen LogP contribution is -2.25. The van der Waals surface area contributed by atoms with Crippen LogP contribution in [0.4, 0.5) is 0 Å². The first-order valence-corrected chi connectivity index (χ1v) is 11.2. The Kier molecular flexibility index (Phi) is 5.82. The number of carbonyl (C=O) groups excluding carboxylic acids is 2. The highest BCUT2D eigenvalue weighted by Crippen LogP contribution is 2.47. The van der Waals surface area contributed by atoms with E-state index in [1.807, 2.05) is 39.8 Å². The van der Waals surface area contributed by atoms with Crippen molar-refractivity contribution in [3.8, 4) is 11.5 Å². The first-order chi connectivity index (χ1) is 14.5. The summed E-state index contributed by atoms with van der Waals surface area (Å²) < 4.78 is 11.5. The van der Waals surface area contributed by atoms with E-state index in [4.69, 9.17) is 9.47 Å². The van der Waals surface area contributed by atoms with Gasteiger partial charge in [0.2, 0.25) is 0 Å².